The number of nitrogens with zero attached hydrogens (tertiary/aromatic N) is 3. The van der Waals surface area contributed by atoms with Crippen molar-refractivity contribution < 1.29 is 9.32 Å². The highest BCUT2D eigenvalue weighted by molar-refractivity contribution is 7.22. The molecule has 0 atom stereocenters. The number of fused-ring (bicyclic) bond motifs is 1. The zero-order chi connectivity index (χ0) is 22.1. The minimum Gasteiger partial charge on any atom is -0.355 e. The molecule has 2 heterocycles. The van der Waals surface area contributed by atoms with Gasteiger partial charge in [0.2, 0.25) is 0 Å². The summed E-state index contributed by atoms with van der Waals surface area (Å²) in [6.45, 7) is 2.29. The molecule has 0 saturated carbocycles. The van der Waals surface area contributed by atoms with Crippen molar-refractivity contribution >= 4 is 44.2 Å². The van der Waals surface area contributed by atoms with Gasteiger partial charge in [-0.15, -0.1) is 0 Å². The predicted molar refractivity (Wildman–Crippen MR) is 128 cm³/mol. The van der Waals surface area contributed by atoms with Crippen LogP contribution >= 0.6 is 22.9 Å². The molecule has 0 N–H and O–H groups in total. The van der Waals surface area contributed by atoms with E-state index in [2.05, 4.69) is 5.16 Å². The van der Waals surface area contributed by atoms with Crippen LogP contribution < -0.4 is 4.90 Å². The molecule has 7 heteroatoms. The maximum Gasteiger partial charge on any atom is 0.282 e. The molecule has 0 spiro atoms. The summed E-state index contributed by atoms with van der Waals surface area (Å²) in [5.74, 6) is 0.267. The fourth-order valence-corrected chi connectivity index (χ4v) is 4.62. The number of carbonyl (C=O) groups is 1. The largest absolute Gasteiger partial charge is 0.355 e. The number of thiazole rings is 1. The molecule has 0 fully saturated rings. The summed E-state index contributed by atoms with van der Waals surface area (Å²) >= 11 is 7.74. The normalized spacial score (nSPS) is 11.1. The standard InChI is InChI=1S/C25H18ClN3O2S/c1-16-19(26)12-13-22-23(16)27-25(32-22)29(15-17-8-4-2-5-9-17)24(30)20-14-21(31-28-20)18-10-6-3-7-11-18/h2-14H,15H2,1H3. The molecule has 158 valence electrons. The summed E-state index contributed by atoms with van der Waals surface area (Å²) in [5.41, 5.74) is 3.77. The number of aryl methyl sites for hydroxylation is 1. The summed E-state index contributed by atoms with van der Waals surface area (Å²) in [4.78, 5) is 20.0. The van der Waals surface area contributed by atoms with Crippen molar-refractivity contribution in [1.29, 1.82) is 0 Å². The van der Waals surface area contributed by atoms with Gasteiger partial charge in [-0.05, 0) is 30.2 Å². The maximum atomic E-state index is 13.6. The van der Waals surface area contributed by atoms with Crippen molar-refractivity contribution in [3.8, 4) is 11.3 Å². The van der Waals surface area contributed by atoms with Gasteiger partial charge in [-0.2, -0.15) is 0 Å². The molecule has 0 saturated heterocycles. The van der Waals surface area contributed by atoms with Crippen LogP contribution in [0, 0.1) is 6.92 Å². The van der Waals surface area contributed by atoms with Crippen molar-refractivity contribution in [2.24, 2.45) is 0 Å². The number of amides is 1. The average molecular weight is 460 g/mol. The SMILES string of the molecule is Cc1c(Cl)ccc2sc(N(Cc3ccccc3)C(=O)c3cc(-c4ccccc4)on3)nc12. The van der Waals surface area contributed by atoms with E-state index < -0.39 is 0 Å². The quantitative estimate of drug-likeness (QED) is 0.291. The van der Waals surface area contributed by atoms with Crippen LogP contribution in [-0.4, -0.2) is 16.0 Å². The molecule has 32 heavy (non-hydrogen) atoms. The summed E-state index contributed by atoms with van der Waals surface area (Å²) in [7, 11) is 0. The van der Waals surface area contributed by atoms with E-state index in [4.69, 9.17) is 21.1 Å². The van der Waals surface area contributed by atoms with Crippen LogP contribution in [0.5, 0.6) is 0 Å². The first-order valence-electron chi connectivity index (χ1n) is 10.0. The predicted octanol–water partition coefficient (Wildman–Crippen LogP) is 6.76. The lowest BCUT2D eigenvalue weighted by Crippen LogP contribution is -2.30. The Morgan fingerprint density at radius 2 is 1.75 bits per heavy atom. The Bertz CT molecular complexity index is 1400. The second-order valence-corrected chi connectivity index (χ2v) is 8.75. The molecule has 1 amide bonds. The van der Waals surface area contributed by atoms with Gasteiger partial charge < -0.3 is 4.52 Å². The van der Waals surface area contributed by atoms with E-state index in [0.29, 0.717) is 22.5 Å². The number of carbonyl (C=O) groups excluding carboxylic acids is 1. The second-order valence-electron chi connectivity index (χ2n) is 7.33. The molecule has 0 radical (unpaired) electrons. The summed E-state index contributed by atoms with van der Waals surface area (Å²) in [5, 5.41) is 5.29. The lowest BCUT2D eigenvalue weighted by molar-refractivity contribution is 0.0976. The molecule has 0 aliphatic rings. The second kappa shape index (κ2) is 8.57. The zero-order valence-corrected chi connectivity index (χ0v) is 18.7. The Hall–Kier alpha value is -3.48. The summed E-state index contributed by atoms with van der Waals surface area (Å²) in [6, 6.07) is 24.8. The van der Waals surface area contributed by atoms with E-state index in [1.807, 2.05) is 79.7 Å². The number of halogens is 1. The van der Waals surface area contributed by atoms with E-state index in [-0.39, 0.29) is 11.6 Å². The number of anilines is 1. The van der Waals surface area contributed by atoms with Gasteiger partial charge in [0.1, 0.15) is 0 Å². The summed E-state index contributed by atoms with van der Waals surface area (Å²) in [6.07, 6.45) is 0. The highest BCUT2D eigenvalue weighted by Crippen LogP contribution is 2.35. The van der Waals surface area contributed by atoms with Crippen LogP contribution in [0.2, 0.25) is 5.02 Å². The van der Waals surface area contributed by atoms with Crippen molar-refractivity contribution in [2.75, 3.05) is 4.90 Å². The Balaban J connectivity index is 1.55. The smallest absolute Gasteiger partial charge is 0.282 e. The van der Waals surface area contributed by atoms with Crippen molar-refractivity contribution in [1.82, 2.24) is 10.1 Å². The lowest BCUT2D eigenvalue weighted by atomic mass is 10.1. The molecule has 2 aromatic heterocycles. The van der Waals surface area contributed by atoms with Gasteiger partial charge in [0.05, 0.1) is 16.8 Å². The minimum atomic E-state index is -0.275. The molecule has 5 aromatic rings. The highest BCUT2D eigenvalue weighted by atomic mass is 35.5. The third-order valence-corrected chi connectivity index (χ3v) is 6.64. The first-order chi connectivity index (χ1) is 15.6. The fourth-order valence-electron chi connectivity index (χ4n) is 3.45. The van der Waals surface area contributed by atoms with Crippen molar-refractivity contribution in [3.63, 3.8) is 0 Å². The molecule has 0 aliphatic heterocycles. The van der Waals surface area contributed by atoms with Gasteiger partial charge in [-0.25, -0.2) is 4.98 Å². The van der Waals surface area contributed by atoms with Crippen LogP contribution in [0.25, 0.3) is 21.5 Å². The number of hydrogen-bond donors (Lipinski definition) is 0. The van der Waals surface area contributed by atoms with Crippen LogP contribution in [-0.2, 0) is 6.54 Å². The third kappa shape index (κ3) is 3.90. The van der Waals surface area contributed by atoms with Gasteiger partial charge >= 0.3 is 0 Å². The molecule has 0 aliphatic carbocycles. The topological polar surface area (TPSA) is 59.2 Å². The van der Waals surface area contributed by atoms with E-state index in [0.717, 1.165) is 26.9 Å². The minimum absolute atomic E-state index is 0.230. The van der Waals surface area contributed by atoms with Gasteiger partial charge in [0.15, 0.2) is 16.6 Å². The molecule has 0 bridgehead atoms. The molecule has 5 rings (SSSR count). The van der Waals surface area contributed by atoms with Gasteiger partial charge in [-0.1, -0.05) is 88.8 Å². The van der Waals surface area contributed by atoms with Crippen molar-refractivity contribution in [3.05, 3.63) is 101 Å². The van der Waals surface area contributed by atoms with E-state index >= 15 is 0 Å². The van der Waals surface area contributed by atoms with E-state index in [1.54, 1.807) is 11.0 Å². The Labute approximate surface area is 193 Å². The highest BCUT2D eigenvalue weighted by Gasteiger charge is 2.25. The molecule has 0 unspecified atom stereocenters. The molecular weight excluding hydrogens is 442 g/mol. The first kappa shape index (κ1) is 20.4. The lowest BCUT2D eigenvalue weighted by Gasteiger charge is -2.18. The molecule has 3 aromatic carbocycles. The van der Waals surface area contributed by atoms with Gasteiger partial charge in [0, 0.05) is 16.7 Å². The third-order valence-electron chi connectivity index (χ3n) is 5.18. The molecule has 5 nitrogen and oxygen atoms in total. The zero-order valence-electron chi connectivity index (χ0n) is 17.2. The Morgan fingerprint density at radius 1 is 1.03 bits per heavy atom. The fraction of sp³-hybridized carbons (Fsp3) is 0.0800. The number of rotatable bonds is 5. The van der Waals surface area contributed by atoms with E-state index in [1.165, 1.54) is 11.3 Å². The van der Waals surface area contributed by atoms with Crippen LogP contribution in [0.3, 0.4) is 0 Å². The van der Waals surface area contributed by atoms with E-state index in [9.17, 15) is 4.79 Å². The monoisotopic (exact) mass is 459 g/mol. The number of benzene rings is 3. The average Bonchev–Trinajstić information content (AvgIpc) is 3.49. The number of hydrogen-bond acceptors (Lipinski definition) is 5. The summed E-state index contributed by atoms with van der Waals surface area (Å²) < 4.78 is 6.44. The number of aromatic nitrogens is 2. The molecular formula is C25H18ClN3O2S. The van der Waals surface area contributed by atoms with Gasteiger partial charge in [-0.3, -0.25) is 9.69 Å². The van der Waals surface area contributed by atoms with Crippen LogP contribution in [0.1, 0.15) is 21.6 Å². The Kier molecular flexibility index (Phi) is 5.47. The van der Waals surface area contributed by atoms with Gasteiger partial charge in [0.25, 0.3) is 5.91 Å². The first-order valence-corrected chi connectivity index (χ1v) is 11.2. The van der Waals surface area contributed by atoms with Crippen LogP contribution in [0.4, 0.5) is 5.13 Å². The van der Waals surface area contributed by atoms with Crippen LogP contribution in [0.15, 0.2) is 83.4 Å². The maximum absolute atomic E-state index is 13.6. The van der Waals surface area contributed by atoms with Crippen molar-refractivity contribution in [2.45, 2.75) is 13.5 Å². The Morgan fingerprint density at radius 3 is 2.50 bits per heavy atom.